The lowest BCUT2D eigenvalue weighted by atomic mass is 10.1. The standard InChI is InChI=1S/C20H12F6N4O4/c21-19(22,23)11-1-7-15(17(9-11)29(31)32)27-13-3-5-14(6-4-13)28-16-8-2-12(20(24,25)26)10-18(16)30(33)34/h1-10,27-28H. The van der Waals surface area contributed by atoms with Gasteiger partial charge in [-0.15, -0.1) is 0 Å². The summed E-state index contributed by atoms with van der Waals surface area (Å²) in [4.78, 5) is 20.4. The van der Waals surface area contributed by atoms with Crippen LogP contribution < -0.4 is 10.6 Å². The molecule has 3 aromatic rings. The minimum absolute atomic E-state index is 0.211. The van der Waals surface area contributed by atoms with E-state index in [2.05, 4.69) is 10.6 Å². The van der Waals surface area contributed by atoms with Crippen molar-refractivity contribution >= 4 is 34.1 Å². The summed E-state index contributed by atoms with van der Waals surface area (Å²) in [6, 6.07) is 9.38. The summed E-state index contributed by atoms with van der Waals surface area (Å²) in [7, 11) is 0. The van der Waals surface area contributed by atoms with Crippen LogP contribution in [0, 0.1) is 20.2 Å². The maximum absolute atomic E-state index is 12.8. The fraction of sp³-hybridized carbons (Fsp3) is 0.100. The molecule has 0 spiro atoms. The molecule has 0 aromatic heterocycles. The van der Waals surface area contributed by atoms with Crippen LogP contribution in [0.4, 0.5) is 60.5 Å². The number of nitrogens with one attached hydrogen (secondary N) is 2. The molecule has 14 heteroatoms. The minimum Gasteiger partial charge on any atom is -0.350 e. The van der Waals surface area contributed by atoms with Gasteiger partial charge < -0.3 is 10.6 Å². The molecule has 0 unspecified atom stereocenters. The van der Waals surface area contributed by atoms with Crippen molar-refractivity contribution in [2.75, 3.05) is 10.6 Å². The predicted octanol–water partition coefficient (Wildman–Crippen LogP) is 7.03. The van der Waals surface area contributed by atoms with Gasteiger partial charge in [0.15, 0.2) is 0 Å². The van der Waals surface area contributed by atoms with Crippen molar-refractivity contribution in [1.82, 2.24) is 0 Å². The van der Waals surface area contributed by atoms with Crippen LogP contribution in [0.25, 0.3) is 0 Å². The molecule has 0 heterocycles. The smallest absolute Gasteiger partial charge is 0.350 e. The van der Waals surface area contributed by atoms with E-state index in [4.69, 9.17) is 0 Å². The molecule has 34 heavy (non-hydrogen) atoms. The first-order valence-electron chi connectivity index (χ1n) is 9.11. The number of halogens is 6. The second kappa shape index (κ2) is 8.88. The molecule has 0 atom stereocenters. The number of benzene rings is 3. The third-order valence-corrected chi connectivity index (χ3v) is 4.49. The number of hydrogen-bond donors (Lipinski definition) is 2. The topological polar surface area (TPSA) is 110 Å². The second-order valence-corrected chi connectivity index (χ2v) is 6.80. The Bertz CT molecular complexity index is 1150. The summed E-state index contributed by atoms with van der Waals surface area (Å²) in [6.07, 6.45) is -9.53. The third-order valence-electron chi connectivity index (χ3n) is 4.49. The molecule has 0 radical (unpaired) electrons. The lowest BCUT2D eigenvalue weighted by Crippen LogP contribution is -2.07. The van der Waals surface area contributed by atoms with E-state index >= 15 is 0 Å². The maximum Gasteiger partial charge on any atom is 0.416 e. The van der Waals surface area contributed by atoms with Crippen molar-refractivity contribution in [1.29, 1.82) is 0 Å². The molecular formula is C20H12F6N4O4. The summed E-state index contributed by atoms with van der Waals surface area (Å²) in [6.45, 7) is 0. The minimum atomic E-state index is -4.77. The molecule has 0 saturated carbocycles. The fourth-order valence-electron chi connectivity index (χ4n) is 2.88. The van der Waals surface area contributed by atoms with Crippen LogP contribution in [0.3, 0.4) is 0 Å². The molecule has 178 valence electrons. The summed E-state index contributed by atoms with van der Waals surface area (Å²) in [5.41, 5.74) is -3.96. The Morgan fingerprint density at radius 3 is 1.18 bits per heavy atom. The van der Waals surface area contributed by atoms with E-state index < -0.39 is 44.7 Å². The zero-order chi connectivity index (χ0) is 25.3. The molecule has 8 nitrogen and oxygen atoms in total. The summed E-state index contributed by atoms with van der Waals surface area (Å²) in [5, 5.41) is 27.6. The first-order valence-corrected chi connectivity index (χ1v) is 9.11. The first kappa shape index (κ1) is 24.3. The van der Waals surface area contributed by atoms with Crippen LogP contribution in [-0.2, 0) is 12.4 Å². The van der Waals surface area contributed by atoms with Crippen LogP contribution in [0.5, 0.6) is 0 Å². The van der Waals surface area contributed by atoms with Crippen LogP contribution in [0.15, 0.2) is 60.7 Å². The lowest BCUT2D eigenvalue weighted by Gasteiger charge is -2.12. The van der Waals surface area contributed by atoms with Gasteiger partial charge in [-0.3, -0.25) is 20.2 Å². The van der Waals surface area contributed by atoms with E-state index in [1.807, 2.05) is 0 Å². The van der Waals surface area contributed by atoms with Gasteiger partial charge in [0.2, 0.25) is 0 Å². The van der Waals surface area contributed by atoms with Gasteiger partial charge in [-0.05, 0) is 48.5 Å². The predicted molar refractivity (Wildman–Crippen MR) is 109 cm³/mol. The highest BCUT2D eigenvalue weighted by Crippen LogP contribution is 2.38. The van der Waals surface area contributed by atoms with Crippen molar-refractivity contribution in [2.24, 2.45) is 0 Å². The van der Waals surface area contributed by atoms with Gasteiger partial charge in [-0.2, -0.15) is 26.3 Å². The van der Waals surface area contributed by atoms with Gasteiger partial charge in [-0.25, -0.2) is 0 Å². The Balaban J connectivity index is 1.83. The van der Waals surface area contributed by atoms with Crippen molar-refractivity contribution < 1.29 is 36.2 Å². The zero-order valence-corrected chi connectivity index (χ0v) is 16.6. The number of rotatable bonds is 6. The van der Waals surface area contributed by atoms with E-state index in [1.165, 1.54) is 24.3 Å². The summed E-state index contributed by atoms with van der Waals surface area (Å²) < 4.78 is 76.9. The van der Waals surface area contributed by atoms with Gasteiger partial charge in [0.25, 0.3) is 11.4 Å². The van der Waals surface area contributed by atoms with E-state index in [0.717, 1.165) is 12.1 Å². The molecule has 0 amide bonds. The molecule has 0 bridgehead atoms. The third kappa shape index (κ3) is 5.51. The molecule has 0 saturated heterocycles. The Morgan fingerprint density at radius 2 is 0.912 bits per heavy atom. The Hall–Kier alpha value is -4.36. The van der Waals surface area contributed by atoms with Crippen molar-refractivity contribution in [2.45, 2.75) is 12.4 Å². The highest BCUT2D eigenvalue weighted by Gasteiger charge is 2.34. The Kier molecular flexibility index (Phi) is 6.34. The number of alkyl halides is 6. The lowest BCUT2D eigenvalue weighted by molar-refractivity contribution is -0.384. The van der Waals surface area contributed by atoms with E-state index in [9.17, 15) is 46.6 Å². The number of nitro groups is 2. The molecule has 2 N–H and O–H groups in total. The molecule has 3 rings (SSSR count). The summed E-state index contributed by atoms with van der Waals surface area (Å²) >= 11 is 0. The van der Waals surface area contributed by atoms with E-state index in [1.54, 1.807) is 0 Å². The highest BCUT2D eigenvalue weighted by molar-refractivity contribution is 5.74. The van der Waals surface area contributed by atoms with Gasteiger partial charge in [0.1, 0.15) is 11.4 Å². The van der Waals surface area contributed by atoms with Crippen molar-refractivity contribution in [3.63, 3.8) is 0 Å². The van der Waals surface area contributed by atoms with Gasteiger partial charge >= 0.3 is 12.4 Å². The molecule has 0 aliphatic heterocycles. The average molecular weight is 486 g/mol. The van der Waals surface area contributed by atoms with Crippen LogP contribution in [0.1, 0.15) is 11.1 Å². The van der Waals surface area contributed by atoms with Crippen molar-refractivity contribution in [3.05, 3.63) is 92.0 Å². The Labute approximate surface area is 186 Å². The van der Waals surface area contributed by atoms with Crippen LogP contribution in [0.2, 0.25) is 0 Å². The number of nitro benzene ring substituents is 2. The Morgan fingerprint density at radius 1 is 0.588 bits per heavy atom. The molecule has 0 fully saturated rings. The largest absolute Gasteiger partial charge is 0.416 e. The van der Waals surface area contributed by atoms with Crippen LogP contribution >= 0.6 is 0 Å². The average Bonchev–Trinajstić information content (AvgIpc) is 2.73. The molecular weight excluding hydrogens is 474 g/mol. The highest BCUT2D eigenvalue weighted by atomic mass is 19.4. The second-order valence-electron chi connectivity index (χ2n) is 6.80. The first-order chi connectivity index (χ1) is 15.8. The maximum atomic E-state index is 12.8. The normalized spacial score (nSPS) is 11.7. The molecule has 0 aliphatic carbocycles. The van der Waals surface area contributed by atoms with Crippen molar-refractivity contribution in [3.8, 4) is 0 Å². The van der Waals surface area contributed by atoms with E-state index in [0.29, 0.717) is 24.3 Å². The summed E-state index contributed by atoms with van der Waals surface area (Å²) in [5.74, 6) is 0. The van der Waals surface area contributed by atoms with E-state index in [-0.39, 0.29) is 22.7 Å². The SMILES string of the molecule is O=[N+]([O-])c1cc(C(F)(F)F)ccc1Nc1ccc(Nc2ccc(C(F)(F)F)cc2[N+](=O)[O-])cc1. The number of hydrogen-bond acceptors (Lipinski definition) is 6. The fourth-order valence-corrected chi connectivity index (χ4v) is 2.88. The number of nitrogens with zero attached hydrogens (tertiary/aromatic N) is 2. The van der Waals surface area contributed by atoms with Gasteiger partial charge in [-0.1, -0.05) is 0 Å². The number of anilines is 4. The zero-order valence-electron chi connectivity index (χ0n) is 16.6. The van der Waals surface area contributed by atoms with Crippen LogP contribution in [-0.4, -0.2) is 9.85 Å². The monoisotopic (exact) mass is 486 g/mol. The molecule has 0 aliphatic rings. The molecule has 3 aromatic carbocycles. The van der Waals surface area contributed by atoms with Gasteiger partial charge in [0, 0.05) is 23.5 Å². The van der Waals surface area contributed by atoms with Gasteiger partial charge in [0.05, 0.1) is 21.0 Å². The quantitative estimate of drug-likeness (QED) is 0.220.